The molecule has 0 radical (unpaired) electrons. The van der Waals surface area contributed by atoms with Crippen molar-refractivity contribution in [3.63, 3.8) is 0 Å². The standard InChI is InChI=1S/C16H16Cl3NO/c1-9-4-5-10(17)6-11(9)16(20-2)12-7-14(19)15(21-3)8-13(12)18/h4-8,16,20H,1-3H3. The van der Waals surface area contributed by atoms with Gasteiger partial charge in [0.25, 0.3) is 0 Å². The van der Waals surface area contributed by atoms with Gasteiger partial charge in [-0.1, -0.05) is 40.9 Å². The molecule has 1 N–H and O–H groups in total. The largest absolute Gasteiger partial charge is 0.495 e. The van der Waals surface area contributed by atoms with E-state index >= 15 is 0 Å². The first-order valence-electron chi connectivity index (χ1n) is 6.44. The Hall–Kier alpha value is -0.930. The number of benzene rings is 2. The van der Waals surface area contributed by atoms with Gasteiger partial charge in [-0.2, -0.15) is 0 Å². The van der Waals surface area contributed by atoms with Crippen LogP contribution in [0.25, 0.3) is 0 Å². The van der Waals surface area contributed by atoms with Crippen molar-refractivity contribution in [1.82, 2.24) is 5.32 Å². The van der Waals surface area contributed by atoms with Crippen molar-refractivity contribution in [2.45, 2.75) is 13.0 Å². The molecule has 0 aliphatic carbocycles. The molecule has 1 unspecified atom stereocenters. The Morgan fingerprint density at radius 1 is 1.00 bits per heavy atom. The summed E-state index contributed by atoms with van der Waals surface area (Å²) < 4.78 is 5.18. The summed E-state index contributed by atoms with van der Waals surface area (Å²) in [6.07, 6.45) is 0. The Balaban J connectivity index is 2.56. The lowest BCUT2D eigenvalue weighted by molar-refractivity contribution is 0.415. The van der Waals surface area contributed by atoms with E-state index in [9.17, 15) is 0 Å². The Morgan fingerprint density at radius 2 is 1.71 bits per heavy atom. The number of methoxy groups -OCH3 is 1. The molecule has 0 aliphatic rings. The fourth-order valence-corrected chi connectivity index (χ4v) is 3.02. The van der Waals surface area contributed by atoms with E-state index < -0.39 is 0 Å². The molecule has 2 rings (SSSR count). The molecule has 2 aromatic rings. The summed E-state index contributed by atoms with van der Waals surface area (Å²) in [5.41, 5.74) is 3.07. The number of hydrogen-bond acceptors (Lipinski definition) is 2. The maximum atomic E-state index is 6.38. The molecule has 0 heterocycles. The van der Waals surface area contributed by atoms with Crippen molar-refractivity contribution in [3.8, 4) is 5.75 Å². The van der Waals surface area contributed by atoms with Crippen LogP contribution >= 0.6 is 34.8 Å². The summed E-state index contributed by atoms with van der Waals surface area (Å²) in [6.45, 7) is 2.04. The second-order valence-corrected chi connectivity index (χ2v) is 5.98. The molecule has 1 atom stereocenters. The molecule has 0 saturated carbocycles. The molecule has 0 aromatic heterocycles. The molecule has 0 spiro atoms. The summed E-state index contributed by atoms with van der Waals surface area (Å²) in [5, 5.41) is 5.07. The molecule has 2 nitrogen and oxygen atoms in total. The van der Waals surface area contributed by atoms with Crippen LogP contribution in [0.3, 0.4) is 0 Å². The van der Waals surface area contributed by atoms with Gasteiger partial charge >= 0.3 is 0 Å². The first-order valence-corrected chi connectivity index (χ1v) is 7.57. The van der Waals surface area contributed by atoms with Crippen LogP contribution in [-0.4, -0.2) is 14.2 Å². The van der Waals surface area contributed by atoms with Gasteiger partial charge in [-0.15, -0.1) is 0 Å². The zero-order valence-corrected chi connectivity index (χ0v) is 14.3. The van der Waals surface area contributed by atoms with Crippen LogP contribution in [0, 0.1) is 6.92 Å². The molecule has 21 heavy (non-hydrogen) atoms. The average Bonchev–Trinajstić information content (AvgIpc) is 2.46. The minimum absolute atomic E-state index is 0.0976. The van der Waals surface area contributed by atoms with Gasteiger partial charge in [-0.05, 0) is 48.9 Å². The minimum atomic E-state index is -0.0976. The van der Waals surface area contributed by atoms with Gasteiger partial charge in [0.2, 0.25) is 0 Å². The quantitative estimate of drug-likeness (QED) is 0.815. The van der Waals surface area contributed by atoms with Crippen LogP contribution in [0.5, 0.6) is 5.75 Å². The molecule has 0 fully saturated rings. The van der Waals surface area contributed by atoms with E-state index in [1.165, 1.54) is 0 Å². The van der Waals surface area contributed by atoms with Crippen molar-refractivity contribution in [2.24, 2.45) is 0 Å². The number of nitrogens with one attached hydrogen (secondary N) is 1. The van der Waals surface area contributed by atoms with E-state index in [1.54, 1.807) is 13.2 Å². The van der Waals surface area contributed by atoms with Gasteiger partial charge in [-0.3, -0.25) is 0 Å². The summed E-state index contributed by atoms with van der Waals surface area (Å²) in [5.74, 6) is 0.558. The molecule has 0 bridgehead atoms. The minimum Gasteiger partial charge on any atom is -0.495 e. The lowest BCUT2D eigenvalue weighted by atomic mass is 9.95. The summed E-state index contributed by atoms with van der Waals surface area (Å²) in [4.78, 5) is 0. The summed E-state index contributed by atoms with van der Waals surface area (Å²) >= 11 is 18.7. The highest BCUT2D eigenvalue weighted by Gasteiger charge is 2.19. The molecule has 0 saturated heterocycles. The van der Waals surface area contributed by atoms with E-state index in [2.05, 4.69) is 5.32 Å². The van der Waals surface area contributed by atoms with Crippen LogP contribution in [0.1, 0.15) is 22.7 Å². The third kappa shape index (κ3) is 3.46. The predicted octanol–water partition coefficient (Wildman–Crippen LogP) is 5.27. The monoisotopic (exact) mass is 343 g/mol. The Morgan fingerprint density at radius 3 is 2.33 bits per heavy atom. The van der Waals surface area contributed by atoms with Crippen molar-refractivity contribution < 1.29 is 4.74 Å². The van der Waals surface area contributed by atoms with Crippen molar-refractivity contribution in [2.75, 3.05) is 14.2 Å². The summed E-state index contributed by atoms with van der Waals surface area (Å²) in [6, 6.07) is 9.25. The Kier molecular flexibility index (Phi) is 5.39. The average molecular weight is 345 g/mol. The maximum Gasteiger partial charge on any atom is 0.138 e. The maximum absolute atomic E-state index is 6.38. The topological polar surface area (TPSA) is 21.3 Å². The van der Waals surface area contributed by atoms with E-state index in [4.69, 9.17) is 39.5 Å². The second kappa shape index (κ2) is 6.89. The fraction of sp³-hybridized carbons (Fsp3) is 0.250. The second-order valence-electron chi connectivity index (χ2n) is 4.73. The number of rotatable bonds is 4. The molecular weight excluding hydrogens is 329 g/mol. The smallest absolute Gasteiger partial charge is 0.138 e. The van der Waals surface area contributed by atoms with Crippen LogP contribution in [0.4, 0.5) is 0 Å². The number of hydrogen-bond donors (Lipinski definition) is 1. The first kappa shape index (κ1) is 16.4. The van der Waals surface area contributed by atoms with Gasteiger partial charge < -0.3 is 10.1 Å². The summed E-state index contributed by atoms with van der Waals surface area (Å²) in [7, 11) is 3.44. The Labute approximate surface area is 140 Å². The fourth-order valence-electron chi connectivity index (χ4n) is 2.32. The van der Waals surface area contributed by atoms with Gasteiger partial charge in [0, 0.05) is 16.1 Å². The molecule has 112 valence electrons. The van der Waals surface area contributed by atoms with Crippen molar-refractivity contribution in [1.29, 1.82) is 0 Å². The lowest BCUT2D eigenvalue weighted by Crippen LogP contribution is -2.19. The highest BCUT2D eigenvalue weighted by molar-refractivity contribution is 6.34. The van der Waals surface area contributed by atoms with Crippen LogP contribution in [0.2, 0.25) is 15.1 Å². The van der Waals surface area contributed by atoms with E-state index in [0.717, 1.165) is 16.7 Å². The molecule has 0 aliphatic heterocycles. The zero-order chi connectivity index (χ0) is 15.6. The molecule has 5 heteroatoms. The third-order valence-electron chi connectivity index (χ3n) is 3.42. The normalized spacial score (nSPS) is 12.3. The van der Waals surface area contributed by atoms with Crippen LogP contribution < -0.4 is 10.1 Å². The van der Waals surface area contributed by atoms with E-state index in [-0.39, 0.29) is 6.04 Å². The van der Waals surface area contributed by atoms with Crippen LogP contribution in [0.15, 0.2) is 30.3 Å². The van der Waals surface area contributed by atoms with Crippen LogP contribution in [-0.2, 0) is 0 Å². The predicted molar refractivity (Wildman–Crippen MR) is 90.1 cm³/mol. The van der Waals surface area contributed by atoms with E-state index in [1.807, 2.05) is 38.2 Å². The molecular formula is C16H16Cl3NO. The highest BCUT2D eigenvalue weighted by Crippen LogP contribution is 2.37. The molecule has 2 aromatic carbocycles. The lowest BCUT2D eigenvalue weighted by Gasteiger charge is -2.22. The van der Waals surface area contributed by atoms with Gasteiger partial charge in [0.05, 0.1) is 18.2 Å². The van der Waals surface area contributed by atoms with Crippen molar-refractivity contribution >= 4 is 34.8 Å². The zero-order valence-electron chi connectivity index (χ0n) is 12.0. The van der Waals surface area contributed by atoms with Crippen molar-refractivity contribution in [3.05, 3.63) is 62.1 Å². The highest BCUT2D eigenvalue weighted by atomic mass is 35.5. The number of aryl methyl sites for hydroxylation is 1. The van der Waals surface area contributed by atoms with Gasteiger partial charge in [-0.25, -0.2) is 0 Å². The third-order valence-corrected chi connectivity index (χ3v) is 4.28. The first-order chi connectivity index (χ1) is 9.97. The number of ether oxygens (including phenoxy) is 1. The van der Waals surface area contributed by atoms with Gasteiger partial charge in [0.1, 0.15) is 5.75 Å². The van der Waals surface area contributed by atoms with Gasteiger partial charge in [0.15, 0.2) is 0 Å². The SMILES string of the molecule is CNC(c1cc(Cl)ccc1C)c1cc(Cl)c(OC)cc1Cl. The van der Waals surface area contributed by atoms with E-state index in [0.29, 0.717) is 20.8 Å². The number of halogens is 3. The Bertz CT molecular complexity index is 658. The molecule has 0 amide bonds.